The van der Waals surface area contributed by atoms with Gasteiger partial charge in [0, 0.05) is 6.42 Å². The lowest BCUT2D eigenvalue weighted by molar-refractivity contribution is -0.147. The topological polar surface area (TPSA) is 55.8 Å². The molecule has 1 aliphatic carbocycles. The van der Waals surface area contributed by atoms with Crippen molar-refractivity contribution >= 4 is 21.9 Å². The van der Waals surface area contributed by atoms with Crippen molar-refractivity contribution in [1.29, 1.82) is 0 Å². The molecule has 0 aromatic heterocycles. The number of aliphatic carboxylic acids is 1. The van der Waals surface area contributed by atoms with Gasteiger partial charge in [0.25, 0.3) is 0 Å². The van der Waals surface area contributed by atoms with E-state index in [9.17, 15) is 9.90 Å². The Hall–Kier alpha value is -1.23. The van der Waals surface area contributed by atoms with Crippen molar-refractivity contribution in [3.63, 3.8) is 0 Å². The fourth-order valence-electron chi connectivity index (χ4n) is 2.66. The first-order valence-corrected chi connectivity index (χ1v) is 7.26. The van der Waals surface area contributed by atoms with Crippen LogP contribution in [0.15, 0.2) is 16.6 Å². The molecule has 1 aromatic carbocycles. The highest BCUT2D eigenvalue weighted by Crippen LogP contribution is 2.48. The fraction of sp³-hybridized carbons (Fsp3) is 0.500. The number of carbonyl (C=O) groups is 1. The van der Waals surface area contributed by atoms with Gasteiger partial charge in [-0.25, -0.2) is 0 Å². The predicted molar refractivity (Wildman–Crippen MR) is 72.9 cm³/mol. The highest BCUT2D eigenvalue weighted by atomic mass is 79.9. The lowest BCUT2D eigenvalue weighted by atomic mass is 9.64. The van der Waals surface area contributed by atoms with Gasteiger partial charge in [-0.15, -0.1) is 0 Å². The van der Waals surface area contributed by atoms with Crippen molar-refractivity contribution in [2.24, 2.45) is 0 Å². The molecule has 1 N–H and O–H groups in total. The summed E-state index contributed by atoms with van der Waals surface area (Å²) in [7, 11) is 0. The van der Waals surface area contributed by atoms with Gasteiger partial charge in [0.05, 0.1) is 23.1 Å². The second kappa shape index (κ2) is 4.71. The quantitative estimate of drug-likeness (QED) is 0.907. The number of ether oxygens (including phenoxy) is 2. The molecular weight excluding hydrogens is 312 g/mol. The summed E-state index contributed by atoms with van der Waals surface area (Å²) in [5.74, 6) is 0.579. The number of carboxylic acids is 1. The summed E-state index contributed by atoms with van der Waals surface area (Å²) in [6.45, 7) is 1.22. The molecule has 1 heterocycles. The SMILES string of the molecule is O=C(O)C1(c2cc(Br)c3c(c2)OCCCO3)CCC1. The normalized spacial score (nSPS) is 20.3. The van der Waals surface area contributed by atoms with Gasteiger partial charge in [-0.1, -0.05) is 6.42 Å². The largest absolute Gasteiger partial charge is 0.490 e. The van der Waals surface area contributed by atoms with Crippen LogP contribution in [0.5, 0.6) is 11.5 Å². The summed E-state index contributed by atoms with van der Waals surface area (Å²) < 4.78 is 12.1. The van der Waals surface area contributed by atoms with E-state index in [1.54, 1.807) is 0 Å². The van der Waals surface area contributed by atoms with Crippen LogP contribution < -0.4 is 9.47 Å². The van der Waals surface area contributed by atoms with Crippen molar-refractivity contribution in [2.75, 3.05) is 13.2 Å². The summed E-state index contributed by atoms with van der Waals surface area (Å²) in [6, 6.07) is 3.69. The van der Waals surface area contributed by atoms with Gasteiger partial charge in [0.2, 0.25) is 0 Å². The fourth-order valence-corrected chi connectivity index (χ4v) is 3.22. The number of fused-ring (bicyclic) bond motifs is 1. The Kier molecular flexibility index (Phi) is 3.17. The van der Waals surface area contributed by atoms with Crippen LogP contribution in [0.4, 0.5) is 0 Å². The van der Waals surface area contributed by atoms with E-state index in [1.165, 1.54) is 0 Å². The van der Waals surface area contributed by atoms with Gasteiger partial charge in [-0.05, 0) is 46.5 Å². The maximum Gasteiger partial charge on any atom is 0.314 e. The number of hydrogen-bond acceptors (Lipinski definition) is 3. The highest BCUT2D eigenvalue weighted by molar-refractivity contribution is 9.10. The van der Waals surface area contributed by atoms with E-state index in [2.05, 4.69) is 15.9 Å². The van der Waals surface area contributed by atoms with Gasteiger partial charge in [0.15, 0.2) is 11.5 Å². The zero-order chi connectivity index (χ0) is 13.5. The molecule has 0 amide bonds. The van der Waals surface area contributed by atoms with Crippen molar-refractivity contribution in [3.05, 3.63) is 22.2 Å². The minimum absolute atomic E-state index is 0.600. The van der Waals surface area contributed by atoms with Gasteiger partial charge in [-0.2, -0.15) is 0 Å². The van der Waals surface area contributed by atoms with Crippen LogP contribution in [0.3, 0.4) is 0 Å². The summed E-state index contributed by atoms with van der Waals surface area (Å²) in [5, 5.41) is 9.50. The second-order valence-corrected chi connectivity index (χ2v) is 5.93. The van der Waals surface area contributed by atoms with E-state index < -0.39 is 11.4 Å². The van der Waals surface area contributed by atoms with Gasteiger partial charge < -0.3 is 14.6 Å². The van der Waals surface area contributed by atoms with Crippen molar-refractivity contribution < 1.29 is 19.4 Å². The van der Waals surface area contributed by atoms with Crippen LogP contribution in [-0.2, 0) is 10.2 Å². The van der Waals surface area contributed by atoms with Crippen molar-refractivity contribution in [2.45, 2.75) is 31.1 Å². The third-order valence-corrected chi connectivity index (χ3v) is 4.56. The van der Waals surface area contributed by atoms with Crippen LogP contribution in [0.1, 0.15) is 31.2 Å². The van der Waals surface area contributed by atoms with Crippen LogP contribution >= 0.6 is 15.9 Å². The van der Waals surface area contributed by atoms with Crippen LogP contribution in [0.25, 0.3) is 0 Å². The van der Waals surface area contributed by atoms with E-state index >= 15 is 0 Å². The molecule has 0 atom stereocenters. The molecule has 0 saturated heterocycles. The van der Waals surface area contributed by atoms with Gasteiger partial charge >= 0.3 is 5.97 Å². The Labute approximate surface area is 119 Å². The van der Waals surface area contributed by atoms with Gasteiger partial charge in [-0.3, -0.25) is 4.79 Å². The van der Waals surface area contributed by atoms with E-state index in [1.807, 2.05) is 12.1 Å². The molecular formula is C14H15BrO4. The zero-order valence-electron chi connectivity index (χ0n) is 10.4. The average molecular weight is 327 g/mol. The lowest BCUT2D eigenvalue weighted by Crippen LogP contribution is -2.42. The predicted octanol–water partition coefficient (Wildman–Crippen LogP) is 3.12. The molecule has 0 unspecified atom stereocenters. The maximum absolute atomic E-state index is 11.6. The number of carboxylic acid groups (broad SMARTS) is 1. The molecule has 1 saturated carbocycles. The molecule has 1 aromatic rings. The Bertz CT molecular complexity index is 522. The van der Waals surface area contributed by atoms with Gasteiger partial charge in [0.1, 0.15) is 0 Å². The van der Waals surface area contributed by atoms with E-state index in [0.29, 0.717) is 37.6 Å². The minimum Gasteiger partial charge on any atom is -0.490 e. The maximum atomic E-state index is 11.6. The molecule has 2 aliphatic rings. The summed E-state index contributed by atoms with van der Waals surface area (Å²) in [6.07, 6.45) is 3.17. The van der Waals surface area contributed by atoms with E-state index in [4.69, 9.17) is 9.47 Å². The summed E-state index contributed by atoms with van der Waals surface area (Å²) in [5.41, 5.74) is 0.0649. The molecule has 4 nitrogen and oxygen atoms in total. The third-order valence-electron chi connectivity index (χ3n) is 3.97. The monoisotopic (exact) mass is 326 g/mol. The zero-order valence-corrected chi connectivity index (χ0v) is 12.0. The molecule has 0 radical (unpaired) electrons. The van der Waals surface area contributed by atoms with E-state index in [0.717, 1.165) is 22.9 Å². The standard InChI is InChI=1S/C14H15BrO4/c15-10-7-9(14(13(16)17)3-1-4-14)8-11-12(10)19-6-2-5-18-11/h7-8H,1-6H2,(H,16,17). The summed E-state index contributed by atoms with van der Waals surface area (Å²) >= 11 is 3.46. The average Bonchev–Trinajstić information content (AvgIpc) is 2.52. The first kappa shape index (κ1) is 12.8. The van der Waals surface area contributed by atoms with Crippen LogP contribution in [-0.4, -0.2) is 24.3 Å². The number of rotatable bonds is 2. The minimum atomic E-state index is -0.750. The molecule has 3 rings (SSSR count). The van der Waals surface area contributed by atoms with Crippen LogP contribution in [0.2, 0.25) is 0 Å². The molecule has 5 heteroatoms. The van der Waals surface area contributed by atoms with Crippen molar-refractivity contribution in [3.8, 4) is 11.5 Å². The Balaban J connectivity index is 2.06. The molecule has 0 bridgehead atoms. The smallest absolute Gasteiger partial charge is 0.314 e. The molecule has 1 aliphatic heterocycles. The Morgan fingerprint density at radius 3 is 2.58 bits per heavy atom. The Morgan fingerprint density at radius 2 is 1.95 bits per heavy atom. The van der Waals surface area contributed by atoms with Crippen LogP contribution in [0, 0.1) is 0 Å². The molecule has 1 fully saturated rings. The molecule has 0 spiro atoms. The first-order chi connectivity index (χ1) is 9.13. The number of benzene rings is 1. The second-order valence-electron chi connectivity index (χ2n) is 5.08. The molecule has 19 heavy (non-hydrogen) atoms. The third kappa shape index (κ3) is 2.00. The first-order valence-electron chi connectivity index (χ1n) is 6.46. The number of hydrogen-bond donors (Lipinski definition) is 1. The number of halogens is 1. The van der Waals surface area contributed by atoms with E-state index in [-0.39, 0.29) is 0 Å². The molecule has 102 valence electrons. The lowest BCUT2D eigenvalue weighted by Gasteiger charge is -2.38. The van der Waals surface area contributed by atoms with Crippen molar-refractivity contribution in [1.82, 2.24) is 0 Å². The Morgan fingerprint density at radius 1 is 1.21 bits per heavy atom. The highest BCUT2D eigenvalue weighted by Gasteiger charge is 2.46. The summed E-state index contributed by atoms with van der Waals surface area (Å²) in [4.78, 5) is 11.6.